The highest BCUT2D eigenvalue weighted by Gasteiger charge is 2.18. The van der Waals surface area contributed by atoms with Crippen molar-refractivity contribution < 1.29 is 14.5 Å². The summed E-state index contributed by atoms with van der Waals surface area (Å²) >= 11 is 0. The number of ether oxygens (including phenoxy) is 1. The second-order valence-electron chi connectivity index (χ2n) is 7.22. The van der Waals surface area contributed by atoms with Gasteiger partial charge in [0.1, 0.15) is 5.75 Å². The van der Waals surface area contributed by atoms with Crippen LogP contribution < -0.4 is 10.2 Å². The molecule has 0 aliphatic carbocycles. The Balaban J connectivity index is 1.81. The van der Waals surface area contributed by atoms with Gasteiger partial charge in [-0.3, -0.25) is 19.9 Å². The molecular formula is C23H22N4O4. The molecule has 3 aromatic rings. The minimum atomic E-state index is -0.508. The maximum absolute atomic E-state index is 12.0. The number of nitro benzene ring substituents is 1. The van der Waals surface area contributed by atoms with Crippen LogP contribution in [0, 0.1) is 17.0 Å². The van der Waals surface area contributed by atoms with E-state index in [0.717, 1.165) is 11.1 Å². The topological polar surface area (TPSA) is 107 Å². The molecular weight excluding hydrogens is 396 g/mol. The normalized spacial score (nSPS) is 11.0. The average Bonchev–Trinajstić information content (AvgIpc) is 2.75. The Kier molecular flexibility index (Phi) is 6.71. The lowest BCUT2D eigenvalue weighted by atomic mass is 10.0. The Morgan fingerprint density at radius 2 is 2.00 bits per heavy atom. The summed E-state index contributed by atoms with van der Waals surface area (Å²) in [7, 11) is 0. The van der Waals surface area contributed by atoms with Crippen molar-refractivity contribution in [2.75, 3.05) is 0 Å². The number of pyridine rings is 1. The number of aromatic nitrogens is 1. The Labute approximate surface area is 179 Å². The number of hydrazone groups is 1. The summed E-state index contributed by atoms with van der Waals surface area (Å²) in [5.41, 5.74) is 4.93. The van der Waals surface area contributed by atoms with E-state index in [2.05, 4.69) is 15.5 Å². The quantitative estimate of drug-likeness (QED) is 0.331. The van der Waals surface area contributed by atoms with Crippen molar-refractivity contribution in [2.24, 2.45) is 5.10 Å². The van der Waals surface area contributed by atoms with Crippen LogP contribution in [0.25, 0.3) is 0 Å². The third-order valence-corrected chi connectivity index (χ3v) is 4.49. The van der Waals surface area contributed by atoms with Crippen molar-refractivity contribution in [3.8, 4) is 11.5 Å². The van der Waals surface area contributed by atoms with Gasteiger partial charge in [-0.05, 0) is 54.3 Å². The first-order chi connectivity index (χ1) is 14.8. The molecule has 31 heavy (non-hydrogen) atoms. The zero-order valence-electron chi connectivity index (χ0n) is 17.4. The number of nitro groups is 1. The third-order valence-electron chi connectivity index (χ3n) is 4.49. The zero-order chi connectivity index (χ0) is 22.4. The van der Waals surface area contributed by atoms with Crippen LogP contribution in [0.3, 0.4) is 0 Å². The maximum atomic E-state index is 12.0. The number of carbonyl (C=O) groups excluding carboxylic acids is 1. The molecule has 0 bridgehead atoms. The van der Waals surface area contributed by atoms with Crippen LogP contribution in [-0.2, 0) is 0 Å². The minimum absolute atomic E-state index is 0.133. The van der Waals surface area contributed by atoms with E-state index in [0.29, 0.717) is 16.9 Å². The second kappa shape index (κ2) is 9.62. The lowest BCUT2D eigenvalue weighted by Crippen LogP contribution is -2.17. The minimum Gasteiger partial charge on any atom is -0.450 e. The van der Waals surface area contributed by atoms with Crippen LogP contribution >= 0.6 is 0 Å². The van der Waals surface area contributed by atoms with Gasteiger partial charge < -0.3 is 4.74 Å². The summed E-state index contributed by atoms with van der Waals surface area (Å²) in [6.45, 7) is 6.00. The van der Waals surface area contributed by atoms with Crippen LogP contribution in [-0.4, -0.2) is 22.0 Å². The Morgan fingerprint density at radius 3 is 2.68 bits per heavy atom. The highest BCUT2D eigenvalue weighted by Crippen LogP contribution is 2.36. The monoisotopic (exact) mass is 418 g/mol. The van der Waals surface area contributed by atoms with Gasteiger partial charge in [-0.1, -0.05) is 26.0 Å². The summed E-state index contributed by atoms with van der Waals surface area (Å²) in [5, 5.41) is 15.5. The van der Waals surface area contributed by atoms with Crippen molar-refractivity contribution in [3.63, 3.8) is 0 Å². The molecule has 0 radical (unpaired) electrons. The molecule has 0 spiro atoms. The molecule has 0 unspecified atom stereocenters. The molecule has 0 aliphatic heterocycles. The van der Waals surface area contributed by atoms with E-state index >= 15 is 0 Å². The fourth-order valence-corrected chi connectivity index (χ4v) is 2.90. The average molecular weight is 418 g/mol. The third kappa shape index (κ3) is 5.51. The Bertz CT molecular complexity index is 1130. The summed E-state index contributed by atoms with van der Waals surface area (Å²) in [5.74, 6) is 0.487. The molecule has 2 aromatic carbocycles. The van der Waals surface area contributed by atoms with Crippen molar-refractivity contribution in [2.45, 2.75) is 26.7 Å². The van der Waals surface area contributed by atoms with Crippen LogP contribution in [0.5, 0.6) is 11.5 Å². The van der Waals surface area contributed by atoms with Gasteiger partial charge in [-0.15, -0.1) is 0 Å². The highest BCUT2D eigenvalue weighted by molar-refractivity contribution is 5.94. The maximum Gasteiger partial charge on any atom is 0.312 e. The SMILES string of the molecule is Cc1ccc(C(C)C)c(Oc2ccc(/C=N\NC(=O)c3cccnc3)cc2[N+](=O)[O-])c1. The summed E-state index contributed by atoms with van der Waals surface area (Å²) in [6, 6.07) is 13.6. The number of hydrogen-bond donors (Lipinski definition) is 1. The predicted molar refractivity (Wildman–Crippen MR) is 118 cm³/mol. The van der Waals surface area contributed by atoms with Gasteiger partial charge in [0.05, 0.1) is 16.7 Å². The van der Waals surface area contributed by atoms with Gasteiger partial charge in [0, 0.05) is 24.0 Å². The number of benzene rings is 2. The highest BCUT2D eigenvalue weighted by atomic mass is 16.6. The van der Waals surface area contributed by atoms with Crippen molar-refractivity contribution in [1.29, 1.82) is 0 Å². The number of carbonyl (C=O) groups is 1. The fourth-order valence-electron chi connectivity index (χ4n) is 2.90. The molecule has 1 aromatic heterocycles. The lowest BCUT2D eigenvalue weighted by molar-refractivity contribution is -0.385. The Morgan fingerprint density at radius 1 is 1.19 bits per heavy atom. The second-order valence-corrected chi connectivity index (χ2v) is 7.22. The first kappa shape index (κ1) is 21.6. The lowest BCUT2D eigenvalue weighted by Gasteiger charge is -2.14. The molecule has 8 heteroatoms. The number of amides is 1. The molecule has 0 fully saturated rings. The molecule has 158 valence electrons. The van der Waals surface area contributed by atoms with Gasteiger partial charge in [0.25, 0.3) is 5.91 Å². The number of hydrogen-bond acceptors (Lipinski definition) is 6. The van der Waals surface area contributed by atoms with E-state index < -0.39 is 10.8 Å². The number of nitrogens with zero attached hydrogens (tertiary/aromatic N) is 3. The van der Waals surface area contributed by atoms with Gasteiger partial charge >= 0.3 is 5.69 Å². The van der Waals surface area contributed by atoms with Crippen molar-refractivity contribution in [3.05, 3.63) is 93.3 Å². The molecule has 1 N–H and O–H groups in total. The largest absolute Gasteiger partial charge is 0.450 e. The van der Waals surface area contributed by atoms with Crippen LogP contribution in [0.2, 0.25) is 0 Å². The summed E-state index contributed by atoms with van der Waals surface area (Å²) in [4.78, 5) is 27.0. The molecule has 0 saturated heterocycles. The van der Waals surface area contributed by atoms with E-state index in [1.165, 1.54) is 24.5 Å². The number of rotatable bonds is 7. The predicted octanol–water partition coefficient (Wildman–Crippen LogP) is 4.98. The van der Waals surface area contributed by atoms with E-state index in [4.69, 9.17) is 4.74 Å². The van der Waals surface area contributed by atoms with Crippen LogP contribution in [0.4, 0.5) is 5.69 Å². The van der Waals surface area contributed by atoms with Crippen molar-refractivity contribution >= 4 is 17.8 Å². The molecule has 0 aliphatic rings. The molecule has 0 saturated carbocycles. The molecule has 1 heterocycles. The molecule has 1 amide bonds. The van der Waals surface area contributed by atoms with E-state index in [1.54, 1.807) is 24.4 Å². The van der Waals surface area contributed by atoms with E-state index in [1.807, 2.05) is 39.0 Å². The van der Waals surface area contributed by atoms with Crippen molar-refractivity contribution in [1.82, 2.24) is 10.4 Å². The fraction of sp³-hybridized carbons (Fsp3) is 0.174. The Hall–Kier alpha value is -4.07. The van der Waals surface area contributed by atoms with Gasteiger partial charge in [0.15, 0.2) is 0 Å². The summed E-state index contributed by atoms with van der Waals surface area (Å²) < 4.78 is 5.94. The molecule has 0 atom stereocenters. The summed E-state index contributed by atoms with van der Waals surface area (Å²) in [6.07, 6.45) is 4.31. The smallest absolute Gasteiger partial charge is 0.312 e. The van der Waals surface area contributed by atoms with Gasteiger partial charge in [0.2, 0.25) is 5.75 Å². The first-order valence-electron chi connectivity index (χ1n) is 9.65. The van der Waals surface area contributed by atoms with Gasteiger partial charge in [-0.25, -0.2) is 5.43 Å². The molecule has 3 rings (SSSR count). The number of nitrogens with one attached hydrogen (secondary N) is 1. The standard InChI is InChI=1S/C23H22N4O4/c1-15(2)19-8-6-16(3)11-22(19)31-21-9-7-17(12-20(21)27(29)30)13-25-26-23(28)18-5-4-10-24-14-18/h4-15H,1-3H3,(H,26,28)/b25-13-. The number of aryl methyl sites for hydroxylation is 1. The first-order valence-corrected chi connectivity index (χ1v) is 9.65. The van der Waals surface area contributed by atoms with Gasteiger partial charge in [-0.2, -0.15) is 5.10 Å². The van der Waals surface area contributed by atoms with E-state index in [-0.39, 0.29) is 17.4 Å². The zero-order valence-corrected chi connectivity index (χ0v) is 17.4. The van der Waals surface area contributed by atoms with Crippen LogP contribution in [0.15, 0.2) is 66.0 Å². The van der Waals surface area contributed by atoms with Crippen LogP contribution in [0.1, 0.15) is 46.8 Å². The van der Waals surface area contributed by atoms with E-state index in [9.17, 15) is 14.9 Å². The molecule has 8 nitrogen and oxygen atoms in total.